The number of rotatable bonds is 2. The molecule has 1 aromatic carbocycles. The van der Waals surface area contributed by atoms with Gasteiger partial charge in [0.05, 0.1) is 10.0 Å². The highest BCUT2D eigenvalue weighted by molar-refractivity contribution is 6.37. The Hall–Kier alpha value is -0.930. The van der Waals surface area contributed by atoms with Gasteiger partial charge < -0.3 is 10.4 Å². The molecular weight excluding hydrogens is 249 g/mol. The summed E-state index contributed by atoms with van der Waals surface area (Å²) in [6.07, 6.45) is 0.922. The highest BCUT2D eigenvalue weighted by Gasteiger charge is 2.39. The maximum Gasteiger partial charge on any atom is 0.227 e. The molecule has 1 aliphatic rings. The summed E-state index contributed by atoms with van der Waals surface area (Å²) in [6.45, 7) is 2.03. The van der Waals surface area contributed by atoms with Crippen molar-refractivity contribution in [2.24, 2.45) is 11.8 Å². The number of nitrogens with one attached hydrogen (secondary N) is 1. The number of carbonyl (C=O) groups is 1. The Labute approximate surface area is 103 Å². The topological polar surface area (TPSA) is 49.3 Å². The van der Waals surface area contributed by atoms with Crippen molar-refractivity contribution in [2.75, 3.05) is 5.32 Å². The molecule has 0 aromatic heterocycles. The van der Waals surface area contributed by atoms with Gasteiger partial charge in [-0.15, -0.1) is 0 Å². The van der Waals surface area contributed by atoms with Gasteiger partial charge in [0.25, 0.3) is 0 Å². The smallest absolute Gasteiger partial charge is 0.227 e. The fraction of sp³-hybridized carbons (Fsp3) is 0.364. The van der Waals surface area contributed by atoms with E-state index >= 15 is 0 Å². The summed E-state index contributed by atoms with van der Waals surface area (Å²) in [5, 5.41) is 12.3. The SMILES string of the molecule is CC1CC1C(=O)Nc1cc(Cl)c(O)c(Cl)c1. The van der Waals surface area contributed by atoms with Crippen LogP contribution in [0.2, 0.25) is 10.0 Å². The highest BCUT2D eigenvalue weighted by Crippen LogP contribution is 2.39. The number of phenols is 1. The van der Waals surface area contributed by atoms with Crippen molar-refractivity contribution in [1.29, 1.82) is 0 Å². The van der Waals surface area contributed by atoms with Crippen LogP contribution in [0.3, 0.4) is 0 Å². The molecule has 1 saturated carbocycles. The van der Waals surface area contributed by atoms with Gasteiger partial charge >= 0.3 is 0 Å². The largest absolute Gasteiger partial charge is 0.505 e. The van der Waals surface area contributed by atoms with Crippen LogP contribution in [0, 0.1) is 11.8 Å². The van der Waals surface area contributed by atoms with Crippen molar-refractivity contribution in [3.8, 4) is 5.75 Å². The van der Waals surface area contributed by atoms with Gasteiger partial charge in [0.2, 0.25) is 5.91 Å². The Balaban J connectivity index is 2.13. The van der Waals surface area contributed by atoms with E-state index in [1.54, 1.807) is 0 Å². The average molecular weight is 260 g/mol. The first-order valence-electron chi connectivity index (χ1n) is 4.98. The van der Waals surface area contributed by atoms with E-state index in [0.29, 0.717) is 11.6 Å². The fourth-order valence-corrected chi connectivity index (χ4v) is 2.05. The number of benzene rings is 1. The number of carbonyl (C=O) groups excluding carboxylic acids is 1. The fourth-order valence-electron chi connectivity index (χ4n) is 1.56. The average Bonchev–Trinajstić information content (AvgIpc) is 2.92. The lowest BCUT2D eigenvalue weighted by atomic mass is 10.2. The number of aromatic hydroxyl groups is 1. The molecule has 2 unspecified atom stereocenters. The van der Waals surface area contributed by atoms with Crippen molar-refractivity contribution >= 4 is 34.8 Å². The Morgan fingerprint density at radius 2 is 1.94 bits per heavy atom. The van der Waals surface area contributed by atoms with Crippen molar-refractivity contribution in [1.82, 2.24) is 0 Å². The zero-order valence-electron chi connectivity index (χ0n) is 8.63. The summed E-state index contributed by atoms with van der Waals surface area (Å²) in [7, 11) is 0. The second-order valence-corrected chi connectivity index (χ2v) is 4.91. The van der Waals surface area contributed by atoms with Crippen LogP contribution in [0.5, 0.6) is 5.75 Å². The first-order valence-corrected chi connectivity index (χ1v) is 5.73. The van der Waals surface area contributed by atoms with Crippen molar-refractivity contribution in [3.63, 3.8) is 0 Å². The monoisotopic (exact) mass is 259 g/mol. The lowest BCUT2D eigenvalue weighted by molar-refractivity contribution is -0.117. The number of anilines is 1. The van der Waals surface area contributed by atoms with Crippen LogP contribution in [0.25, 0.3) is 0 Å². The summed E-state index contributed by atoms with van der Waals surface area (Å²) in [5.74, 6) is 0.348. The van der Waals surface area contributed by atoms with Crippen LogP contribution in [0.1, 0.15) is 13.3 Å². The number of halogens is 2. The lowest BCUT2D eigenvalue weighted by Gasteiger charge is -2.07. The third-order valence-corrected chi connectivity index (χ3v) is 3.31. The van der Waals surface area contributed by atoms with E-state index in [1.807, 2.05) is 6.92 Å². The van der Waals surface area contributed by atoms with Gasteiger partial charge in [-0.05, 0) is 24.5 Å². The minimum Gasteiger partial charge on any atom is -0.505 e. The Kier molecular flexibility index (Phi) is 3.00. The molecule has 1 aromatic rings. The van der Waals surface area contributed by atoms with E-state index in [-0.39, 0.29) is 27.6 Å². The van der Waals surface area contributed by atoms with Crippen LogP contribution < -0.4 is 5.32 Å². The summed E-state index contributed by atoms with van der Waals surface area (Å²) >= 11 is 11.5. The van der Waals surface area contributed by atoms with Crippen LogP contribution in [0.15, 0.2) is 12.1 Å². The predicted octanol–water partition coefficient (Wildman–Crippen LogP) is 3.29. The van der Waals surface area contributed by atoms with Crippen molar-refractivity contribution in [3.05, 3.63) is 22.2 Å². The predicted molar refractivity (Wildman–Crippen MR) is 64.0 cm³/mol. The Morgan fingerprint density at radius 1 is 1.44 bits per heavy atom. The molecule has 0 heterocycles. The number of amides is 1. The summed E-state index contributed by atoms with van der Waals surface area (Å²) in [4.78, 5) is 11.6. The van der Waals surface area contributed by atoms with E-state index < -0.39 is 0 Å². The third kappa shape index (κ3) is 2.25. The molecule has 2 atom stereocenters. The zero-order chi connectivity index (χ0) is 11.9. The van der Waals surface area contributed by atoms with E-state index in [1.165, 1.54) is 12.1 Å². The molecule has 2 N–H and O–H groups in total. The van der Waals surface area contributed by atoms with Crippen LogP contribution in [-0.2, 0) is 4.79 Å². The zero-order valence-corrected chi connectivity index (χ0v) is 10.1. The number of hydrogen-bond donors (Lipinski definition) is 2. The molecule has 0 aliphatic heterocycles. The first kappa shape index (κ1) is 11.6. The Bertz CT molecular complexity index is 425. The minimum absolute atomic E-state index is 0.0228. The maximum absolute atomic E-state index is 11.6. The van der Waals surface area contributed by atoms with Gasteiger partial charge in [-0.2, -0.15) is 0 Å². The molecule has 0 spiro atoms. The van der Waals surface area contributed by atoms with Crippen molar-refractivity contribution in [2.45, 2.75) is 13.3 Å². The molecule has 1 aliphatic carbocycles. The molecular formula is C11H11Cl2NO2. The molecule has 1 amide bonds. The standard InChI is InChI=1S/C11H11Cl2NO2/c1-5-2-7(5)11(16)14-6-3-8(12)10(15)9(13)4-6/h3-5,7,15H,2H2,1H3,(H,14,16). The quantitative estimate of drug-likeness (QED) is 0.801. The first-order chi connectivity index (χ1) is 7.49. The summed E-state index contributed by atoms with van der Waals surface area (Å²) < 4.78 is 0. The second-order valence-electron chi connectivity index (χ2n) is 4.10. The molecule has 3 nitrogen and oxygen atoms in total. The van der Waals surface area contributed by atoms with Gasteiger partial charge in [0, 0.05) is 11.6 Å². The van der Waals surface area contributed by atoms with Gasteiger partial charge in [-0.3, -0.25) is 4.79 Å². The molecule has 2 rings (SSSR count). The van der Waals surface area contributed by atoms with Gasteiger partial charge in [0.15, 0.2) is 5.75 Å². The van der Waals surface area contributed by atoms with Gasteiger partial charge in [0.1, 0.15) is 0 Å². The van der Waals surface area contributed by atoms with Crippen LogP contribution in [-0.4, -0.2) is 11.0 Å². The number of phenolic OH excluding ortho intramolecular Hbond substituents is 1. The molecule has 86 valence electrons. The van der Waals surface area contributed by atoms with Gasteiger partial charge in [-0.25, -0.2) is 0 Å². The van der Waals surface area contributed by atoms with Gasteiger partial charge in [-0.1, -0.05) is 30.1 Å². The molecule has 0 radical (unpaired) electrons. The highest BCUT2D eigenvalue weighted by atomic mass is 35.5. The van der Waals surface area contributed by atoms with E-state index in [9.17, 15) is 9.90 Å². The molecule has 0 saturated heterocycles. The van der Waals surface area contributed by atoms with E-state index in [4.69, 9.17) is 23.2 Å². The normalized spacial score (nSPS) is 22.9. The summed E-state index contributed by atoms with van der Waals surface area (Å²) in [6, 6.07) is 2.96. The van der Waals surface area contributed by atoms with E-state index in [2.05, 4.69) is 5.32 Å². The minimum atomic E-state index is -0.166. The molecule has 1 fully saturated rings. The second kappa shape index (κ2) is 4.15. The maximum atomic E-state index is 11.6. The number of hydrogen-bond acceptors (Lipinski definition) is 2. The molecule has 16 heavy (non-hydrogen) atoms. The lowest BCUT2D eigenvalue weighted by Crippen LogP contribution is -2.14. The van der Waals surface area contributed by atoms with Crippen LogP contribution >= 0.6 is 23.2 Å². The molecule has 5 heteroatoms. The van der Waals surface area contributed by atoms with E-state index in [0.717, 1.165) is 6.42 Å². The molecule has 0 bridgehead atoms. The summed E-state index contributed by atoms with van der Waals surface area (Å²) in [5.41, 5.74) is 0.511. The Morgan fingerprint density at radius 3 is 2.38 bits per heavy atom. The third-order valence-electron chi connectivity index (χ3n) is 2.73. The van der Waals surface area contributed by atoms with Crippen molar-refractivity contribution < 1.29 is 9.90 Å². The van der Waals surface area contributed by atoms with Crippen LogP contribution in [0.4, 0.5) is 5.69 Å².